The Kier molecular flexibility index (Phi) is 9.15. The van der Waals surface area contributed by atoms with E-state index in [4.69, 9.17) is 28.5 Å². The minimum Gasteiger partial charge on any atom is -0.330 e. The van der Waals surface area contributed by atoms with E-state index in [9.17, 15) is 18.0 Å². The number of likely N-dealkylation sites (N-methyl/N-ethyl adjacent to an activating group) is 1. The Morgan fingerprint density at radius 3 is 2.42 bits per heavy atom. The van der Waals surface area contributed by atoms with E-state index in [0.717, 1.165) is 11.1 Å². The lowest BCUT2D eigenvalue weighted by Gasteiger charge is -2.52. The third-order valence-electron chi connectivity index (χ3n) is 8.05. The number of likely N-dealkylation sites (tertiary alicyclic amines) is 1. The molecule has 8 nitrogen and oxygen atoms in total. The van der Waals surface area contributed by atoms with Gasteiger partial charge in [0.1, 0.15) is 0 Å². The van der Waals surface area contributed by atoms with Gasteiger partial charge in [0.25, 0.3) is 0 Å². The summed E-state index contributed by atoms with van der Waals surface area (Å²) in [5, 5.41) is 11.9. The summed E-state index contributed by atoms with van der Waals surface area (Å²) in [7, 11) is -1.92. The first-order valence-electron chi connectivity index (χ1n) is 13.4. The molecule has 1 aliphatic heterocycles. The summed E-state index contributed by atoms with van der Waals surface area (Å²) >= 11 is 12.6. The Bertz CT molecular complexity index is 1410. The molecule has 4 atom stereocenters. The summed E-state index contributed by atoms with van der Waals surface area (Å²) in [6.07, 6.45) is 3.56. The lowest BCUT2D eigenvalue weighted by molar-refractivity contribution is -0.157. The number of benzene rings is 2. The van der Waals surface area contributed by atoms with E-state index in [2.05, 4.69) is 5.32 Å². The fourth-order valence-corrected chi connectivity index (χ4v) is 7.79. The van der Waals surface area contributed by atoms with Gasteiger partial charge < -0.3 is 4.90 Å². The minimum absolute atomic E-state index is 0.119. The molecule has 0 aromatic heterocycles. The van der Waals surface area contributed by atoms with Gasteiger partial charge in [0.2, 0.25) is 21.8 Å². The van der Waals surface area contributed by atoms with Crippen LogP contribution in [0, 0.1) is 16.9 Å². The number of carbonyl (C=O) groups is 2. The van der Waals surface area contributed by atoms with Gasteiger partial charge in [-0.2, -0.15) is 5.26 Å². The molecule has 0 unspecified atom stereocenters. The molecular weight excluding hydrogens is 571 g/mol. The Labute approximate surface area is 246 Å². The number of sulfonamides is 1. The van der Waals surface area contributed by atoms with E-state index < -0.39 is 33.4 Å². The molecule has 11 heteroatoms. The van der Waals surface area contributed by atoms with E-state index in [-0.39, 0.29) is 30.0 Å². The van der Waals surface area contributed by atoms with Crippen molar-refractivity contribution in [3.8, 4) is 6.19 Å². The number of rotatable bonds is 10. The van der Waals surface area contributed by atoms with Crippen LogP contribution in [0.4, 0.5) is 0 Å². The number of piperidine rings is 1. The number of carbonyl (C=O) groups excluding carboxylic acids is 2. The average molecular weight is 606 g/mol. The van der Waals surface area contributed by atoms with Crippen LogP contribution in [0.3, 0.4) is 0 Å². The number of nitriles is 1. The van der Waals surface area contributed by atoms with E-state index in [1.807, 2.05) is 37.3 Å². The maximum atomic E-state index is 14.5. The topological polar surface area (TPSA) is 111 Å². The smallest absolute Gasteiger partial charge is 0.234 e. The highest BCUT2D eigenvalue weighted by Crippen LogP contribution is 2.52. The SMILES string of the molecule is CC[C@@H](CN(C)S(=O)(=O)C1CC1)N1C(=O)[C@](C)(CC(=O)NC#N)C[C@H](c2cccc(Cl)c2)[C@H]1c1ccc(Cl)cc1. The third-order valence-corrected chi connectivity index (χ3v) is 10.9. The predicted octanol–water partition coefficient (Wildman–Crippen LogP) is 5.25. The van der Waals surface area contributed by atoms with Crippen molar-refractivity contribution in [2.45, 2.75) is 69.2 Å². The second-order valence-corrected chi connectivity index (χ2v) is 14.3. The Balaban J connectivity index is 1.86. The molecule has 0 radical (unpaired) electrons. The number of nitrogens with one attached hydrogen (secondary N) is 1. The summed E-state index contributed by atoms with van der Waals surface area (Å²) in [5.41, 5.74) is 0.584. The fraction of sp³-hybridized carbons (Fsp3) is 0.483. The Hall–Kier alpha value is -2.64. The van der Waals surface area contributed by atoms with Gasteiger partial charge in [-0.05, 0) is 61.1 Å². The van der Waals surface area contributed by atoms with Crippen molar-refractivity contribution in [1.29, 1.82) is 5.26 Å². The molecule has 1 saturated heterocycles. The van der Waals surface area contributed by atoms with Gasteiger partial charge in [-0.15, -0.1) is 0 Å². The first-order valence-corrected chi connectivity index (χ1v) is 15.6. The van der Waals surface area contributed by atoms with Gasteiger partial charge in [-0.3, -0.25) is 14.9 Å². The normalized spacial score (nSPS) is 24.0. The summed E-state index contributed by atoms with van der Waals surface area (Å²) < 4.78 is 27.5. The molecule has 214 valence electrons. The second kappa shape index (κ2) is 12.1. The van der Waals surface area contributed by atoms with Crippen molar-refractivity contribution in [3.05, 3.63) is 69.7 Å². The lowest BCUT2D eigenvalue weighted by Crippen LogP contribution is -2.58. The molecular formula is C29H34Cl2N4O4S. The van der Waals surface area contributed by atoms with Crippen LogP contribution >= 0.6 is 23.2 Å². The maximum absolute atomic E-state index is 14.5. The summed E-state index contributed by atoms with van der Waals surface area (Å²) in [6, 6.07) is 13.8. The van der Waals surface area contributed by atoms with E-state index in [0.29, 0.717) is 35.7 Å². The molecule has 2 aliphatic rings. The molecule has 2 aromatic rings. The molecule has 1 aliphatic carbocycles. The highest BCUT2D eigenvalue weighted by molar-refractivity contribution is 7.90. The van der Waals surface area contributed by atoms with Gasteiger partial charge in [-0.1, -0.05) is 61.3 Å². The van der Waals surface area contributed by atoms with Gasteiger partial charge in [0, 0.05) is 42.0 Å². The standard InChI is InChI=1S/C29H34Cl2N4O4S/c1-4-23(17-34(3)40(38,39)24-12-13-24)35-27(19-8-10-21(30)11-9-19)25(20-6-5-7-22(31)14-20)15-29(2,28(35)37)16-26(36)33-18-32/h5-11,14,23-25,27H,4,12-13,15-17H2,1-3H3,(H,33,36)/t23-,25+,27+,29-/m0/s1. The van der Waals surface area contributed by atoms with Crippen LogP contribution in [0.5, 0.6) is 0 Å². The predicted molar refractivity (Wildman–Crippen MR) is 155 cm³/mol. The molecule has 0 bridgehead atoms. The number of halogens is 2. The molecule has 1 heterocycles. The van der Waals surface area contributed by atoms with E-state index in [1.165, 1.54) is 4.31 Å². The number of amides is 2. The van der Waals surface area contributed by atoms with Crippen LogP contribution in [-0.4, -0.2) is 54.3 Å². The zero-order valence-corrected chi connectivity index (χ0v) is 25.1. The molecule has 1 N–H and O–H groups in total. The monoisotopic (exact) mass is 604 g/mol. The summed E-state index contributed by atoms with van der Waals surface area (Å²) in [5.74, 6) is -1.09. The van der Waals surface area contributed by atoms with Crippen LogP contribution in [0.1, 0.15) is 69.0 Å². The van der Waals surface area contributed by atoms with Crippen molar-refractivity contribution < 1.29 is 18.0 Å². The third kappa shape index (κ3) is 6.31. The lowest BCUT2D eigenvalue weighted by atomic mass is 9.67. The van der Waals surface area contributed by atoms with Crippen LogP contribution in [-0.2, 0) is 19.6 Å². The van der Waals surface area contributed by atoms with Gasteiger partial charge in [0.15, 0.2) is 6.19 Å². The molecule has 2 aromatic carbocycles. The summed E-state index contributed by atoms with van der Waals surface area (Å²) in [6.45, 7) is 3.79. The van der Waals surface area contributed by atoms with Crippen molar-refractivity contribution in [2.24, 2.45) is 5.41 Å². The second-order valence-electron chi connectivity index (χ2n) is 11.1. The quantitative estimate of drug-likeness (QED) is 0.294. The largest absolute Gasteiger partial charge is 0.330 e. The number of hydrogen-bond acceptors (Lipinski definition) is 5. The van der Waals surface area contributed by atoms with Crippen molar-refractivity contribution >= 4 is 45.0 Å². The average Bonchev–Trinajstić information content (AvgIpc) is 3.76. The van der Waals surface area contributed by atoms with Crippen LogP contribution in [0.25, 0.3) is 0 Å². The van der Waals surface area contributed by atoms with Crippen LogP contribution in [0.15, 0.2) is 48.5 Å². The highest BCUT2D eigenvalue weighted by atomic mass is 35.5. The Morgan fingerprint density at radius 2 is 1.85 bits per heavy atom. The van der Waals surface area contributed by atoms with Gasteiger partial charge in [0.05, 0.1) is 16.7 Å². The molecule has 4 rings (SSSR count). The van der Waals surface area contributed by atoms with Crippen LogP contribution < -0.4 is 5.32 Å². The summed E-state index contributed by atoms with van der Waals surface area (Å²) in [4.78, 5) is 28.9. The molecule has 2 fully saturated rings. The Morgan fingerprint density at radius 1 is 1.18 bits per heavy atom. The molecule has 0 spiro atoms. The van der Waals surface area contributed by atoms with Gasteiger partial charge in [-0.25, -0.2) is 12.7 Å². The highest BCUT2D eigenvalue weighted by Gasteiger charge is 2.52. The number of nitrogens with zero attached hydrogens (tertiary/aromatic N) is 3. The first kappa shape index (κ1) is 30.3. The first-order chi connectivity index (χ1) is 18.9. The molecule has 1 saturated carbocycles. The zero-order chi connectivity index (χ0) is 29.2. The van der Waals surface area contributed by atoms with Crippen molar-refractivity contribution in [3.63, 3.8) is 0 Å². The van der Waals surface area contributed by atoms with Gasteiger partial charge >= 0.3 is 0 Å². The number of hydrogen-bond donors (Lipinski definition) is 1. The van der Waals surface area contributed by atoms with E-state index >= 15 is 0 Å². The molecule has 2 amide bonds. The van der Waals surface area contributed by atoms with Crippen LogP contribution in [0.2, 0.25) is 10.0 Å². The molecule has 40 heavy (non-hydrogen) atoms. The zero-order valence-electron chi connectivity index (χ0n) is 22.8. The van der Waals surface area contributed by atoms with Crippen molar-refractivity contribution in [1.82, 2.24) is 14.5 Å². The fourth-order valence-electron chi connectivity index (χ4n) is 5.84. The van der Waals surface area contributed by atoms with E-state index in [1.54, 1.807) is 43.3 Å². The maximum Gasteiger partial charge on any atom is 0.234 e. The minimum atomic E-state index is -3.48. The van der Waals surface area contributed by atoms with Crippen molar-refractivity contribution in [2.75, 3.05) is 13.6 Å².